The van der Waals surface area contributed by atoms with E-state index in [2.05, 4.69) is 0 Å². The van der Waals surface area contributed by atoms with Gasteiger partial charge in [0, 0.05) is 40.4 Å². The molecule has 0 aromatic rings. The van der Waals surface area contributed by atoms with Crippen molar-refractivity contribution in [1.82, 2.24) is 0 Å². The summed E-state index contributed by atoms with van der Waals surface area (Å²) in [5, 5.41) is 6.76. The summed E-state index contributed by atoms with van der Waals surface area (Å²) < 4.78 is 0. The molecule has 0 heterocycles. The van der Waals surface area contributed by atoms with Crippen LogP contribution in [0.4, 0.5) is 0 Å². The Morgan fingerprint density at radius 2 is 1.75 bits per heavy atom. The Morgan fingerprint density at radius 1 is 1.75 bits per heavy atom. The first-order valence-corrected chi connectivity index (χ1v) is 0.428. The summed E-state index contributed by atoms with van der Waals surface area (Å²) in [6.45, 7) is 0.500. The zero-order valence-corrected chi connectivity index (χ0v) is 4.38. The van der Waals surface area contributed by atoms with E-state index >= 15 is 0 Å². The summed E-state index contributed by atoms with van der Waals surface area (Å²) in [5.74, 6) is 0. The van der Waals surface area contributed by atoms with Crippen LogP contribution in [0.25, 0.3) is 0 Å². The Bertz CT molecular complexity index is 13.5. The van der Waals surface area contributed by atoms with Crippen LogP contribution in [0.15, 0.2) is 0 Å². The second kappa shape index (κ2) is 9.19. The molecule has 4 heavy (non-hydrogen) atoms. The zero-order chi connectivity index (χ0) is 2.71. The van der Waals surface area contributed by atoms with Crippen LogP contribution < -0.4 is 0 Å². The molecule has 0 unspecified atom stereocenters. The summed E-state index contributed by atoms with van der Waals surface area (Å²) in [6.07, 6.45) is 0. The molecule has 0 aliphatic rings. The first-order chi connectivity index (χ1) is 1.41. The molecule has 0 amide bonds. The molecule has 0 saturated carbocycles. The molecule has 0 saturated heterocycles. The van der Waals surface area contributed by atoms with Gasteiger partial charge in [-0.3, -0.25) is 0 Å². The predicted octanol–water partition coefficient (Wildman–Crippen LogP) is -0.388. The van der Waals surface area contributed by atoms with Gasteiger partial charge in [-0.15, -0.1) is 0 Å². The largest absolute Gasteiger partial charge is 0.473 e. The van der Waals surface area contributed by atoms with Crippen LogP contribution in [-0.2, 0) is 4.79 Å². The third-order valence-electron chi connectivity index (χ3n) is 0. The van der Waals surface area contributed by atoms with Gasteiger partial charge < -0.3 is 5.11 Å². The summed E-state index contributed by atoms with van der Waals surface area (Å²) in [7, 11) is 0. The first-order valence-electron chi connectivity index (χ1n) is 0.428. The van der Waals surface area contributed by atoms with E-state index in [0.717, 1.165) is 0 Å². The topological polar surface area (TPSA) is 37.3 Å². The van der Waals surface area contributed by atoms with Crippen LogP contribution in [0.3, 0.4) is 0 Å². The van der Waals surface area contributed by atoms with Gasteiger partial charge in [0.25, 0.3) is 0 Å². The van der Waals surface area contributed by atoms with Crippen LogP contribution in [-0.4, -0.2) is 11.6 Å². The van der Waals surface area contributed by atoms with E-state index in [9.17, 15) is 0 Å². The van der Waals surface area contributed by atoms with Gasteiger partial charge >= 0.3 is 6.47 Å². The van der Waals surface area contributed by atoms with Crippen LogP contribution in [0.1, 0.15) is 0 Å². The van der Waals surface area contributed by atoms with Gasteiger partial charge in [0.2, 0.25) is 0 Å². The van der Waals surface area contributed by atoms with Crippen molar-refractivity contribution >= 4 is 6.47 Å². The molecule has 1 radical (unpaired) electrons. The first kappa shape index (κ1) is 8.84. The molecular weight excluding hydrogens is 194 g/mol. The fraction of sp³-hybridized carbons (Fsp3) is 0. The average molecular weight is 195 g/mol. The van der Waals surface area contributed by atoms with Gasteiger partial charge in [0.15, 0.2) is 0 Å². The maximum absolute atomic E-state index is 8.24. The van der Waals surface area contributed by atoms with Gasteiger partial charge in [-0.25, -0.2) is 4.79 Å². The molecule has 0 bridgehead atoms. The van der Waals surface area contributed by atoms with Crippen molar-refractivity contribution in [2.24, 2.45) is 0 Å². The van der Waals surface area contributed by atoms with Crippen LogP contribution >= 0.6 is 0 Å². The summed E-state index contributed by atoms with van der Waals surface area (Å²) in [4.78, 5) is 8.24. The van der Waals surface area contributed by atoms with Crippen LogP contribution in [0.2, 0.25) is 0 Å². The third-order valence-corrected chi connectivity index (χ3v) is 0. The minimum Gasteiger partial charge on any atom is -0.473 e. The Hall–Kier alpha value is 0.808. The average Bonchev–Trinajstić information content (AvgIpc) is 0.918. The smallest absolute Gasteiger partial charge is 0.414 e. The van der Waals surface area contributed by atoms with E-state index < -0.39 is 0 Å². The van der Waals surface area contributed by atoms with Gasteiger partial charge in [0.05, 0.1) is 0 Å². The second-order valence-electron chi connectivity index (χ2n) is 0.0913. The maximum atomic E-state index is 8.24. The van der Waals surface area contributed by atoms with Gasteiger partial charge in [-0.2, -0.15) is 0 Å². The Balaban J connectivity index is 0. The number of hydrogen-bond acceptors (Lipinski definition) is 1. The van der Waals surface area contributed by atoms with Crippen molar-refractivity contribution in [3.63, 3.8) is 0 Å². The molecule has 0 rings (SSSR count). The van der Waals surface area contributed by atoms with Crippen molar-refractivity contribution in [1.29, 1.82) is 0 Å². The molecule has 0 aliphatic heterocycles. The quantitative estimate of drug-likeness (QED) is 0.572. The Kier molecular flexibility index (Phi) is 20.3. The number of rotatable bonds is 0. The fourth-order valence-corrected chi connectivity index (χ4v) is 0. The molecule has 0 aromatic carbocycles. The minimum atomic E-state index is 0. The van der Waals surface area contributed by atoms with Crippen molar-refractivity contribution in [3.05, 3.63) is 0 Å². The predicted molar refractivity (Wildman–Crippen MR) is 8.32 cm³/mol. The van der Waals surface area contributed by atoms with E-state index in [4.69, 9.17) is 9.90 Å². The van der Waals surface area contributed by atoms with Crippen molar-refractivity contribution in [2.75, 3.05) is 0 Å². The minimum absolute atomic E-state index is 0. The number of hydrogen-bond donors (Lipinski definition) is 1. The SMILES string of the molecule is O=[C]O.[Sm]. The molecule has 1 N–H and O–H groups in total. The van der Waals surface area contributed by atoms with Crippen LogP contribution in [0, 0.1) is 40.4 Å². The normalized spacial score (nSPS) is 3.00. The molecule has 2 nitrogen and oxygen atoms in total. The second-order valence-corrected chi connectivity index (χ2v) is 0.0913. The molecule has 23 valence electrons. The summed E-state index contributed by atoms with van der Waals surface area (Å²) >= 11 is 0. The third kappa shape index (κ3) is 14.1. The molecule has 0 aliphatic carbocycles. The van der Waals surface area contributed by atoms with E-state index in [0.29, 0.717) is 6.47 Å². The molecule has 0 fully saturated rings. The van der Waals surface area contributed by atoms with Crippen molar-refractivity contribution in [3.8, 4) is 0 Å². The molecule has 0 spiro atoms. The van der Waals surface area contributed by atoms with E-state index in [1.807, 2.05) is 0 Å². The van der Waals surface area contributed by atoms with Gasteiger partial charge in [-0.05, 0) is 0 Å². The van der Waals surface area contributed by atoms with Crippen molar-refractivity contribution in [2.45, 2.75) is 0 Å². The van der Waals surface area contributed by atoms with E-state index in [-0.39, 0.29) is 40.4 Å². The zero-order valence-electron chi connectivity index (χ0n) is 1.76. The van der Waals surface area contributed by atoms with Crippen LogP contribution in [0.5, 0.6) is 0 Å². The molecular formula is CHO2Sm. The Labute approximate surface area is 56.3 Å². The molecule has 0 aromatic heterocycles. The molecule has 3 heteroatoms. The summed E-state index contributed by atoms with van der Waals surface area (Å²) in [5.41, 5.74) is 0. The monoisotopic (exact) mass is 197 g/mol. The van der Waals surface area contributed by atoms with Gasteiger partial charge in [0.1, 0.15) is 0 Å². The molecule has 0 atom stereocenters. The maximum Gasteiger partial charge on any atom is 0.414 e. The fourth-order valence-electron chi connectivity index (χ4n) is 0. The van der Waals surface area contributed by atoms with E-state index in [1.165, 1.54) is 0 Å². The van der Waals surface area contributed by atoms with Gasteiger partial charge in [-0.1, -0.05) is 0 Å². The standard InChI is InChI=1S/CHO2.Sm/c2-1-3;/h(H,2,3);. The van der Waals surface area contributed by atoms with Crippen molar-refractivity contribution < 1.29 is 50.3 Å². The number of aliphatic hydroxyl groups excluding tert-OH is 1. The van der Waals surface area contributed by atoms with E-state index in [1.54, 1.807) is 0 Å². The summed E-state index contributed by atoms with van der Waals surface area (Å²) in [6, 6.07) is 0. The Morgan fingerprint density at radius 3 is 1.75 bits per heavy atom.